The summed E-state index contributed by atoms with van der Waals surface area (Å²) < 4.78 is 1.13. The van der Waals surface area contributed by atoms with Crippen LogP contribution in [0, 0.1) is 0 Å². The van der Waals surface area contributed by atoms with Crippen molar-refractivity contribution in [2.24, 2.45) is 0 Å². The van der Waals surface area contributed by atoms with Gasteiger partial charge in [-0.05, 0) is 55.4 Å². The number of aromatic nitrogens is 1. The number of carbonyl (C=O) groups is 2. The van der Waals surface area contributed by atoms with Crippen molar-refractivity contribution < 1.29 is 9.59 Å². The Morgan fingerprint density at radius 1 is 1.06 bits per heavy atom. The second-order valence-electron chi connectivity index (χ2n) is 8.44. The van der Waals surface area contributed by atoms with E-state index < -0.39 is 5.54 Å². The van der Waals surface area contributed by atoms with Crippen molar-refractivity contribution in [3.8, 4) is 0 Å². The Balaban J connectivity index is 1.38. The average Bonchev–Trinajstić information content (AvgIpc) is 3.33. The first-order valence-electron chi connectivity index (χ1n) is 10.6. The highest BCUT2D eigenvalue weighted by molar-refractivity contribution is 7.18. The van der Waals surface area contributed by atoms with Gasteiger partial charge in [-0.15, -0.1) is 11.3 Å². The summed E-state index contributed by atoms with van der Waals surface area (Å²) in [6.07, 6.45) is 0. The summed E-state index contributed by atoms with van der Waals surface area (Å²) in [4.78, 5) is 34.2. The number of para-hydroxylation sites is 1. The smallest absolute Gasteiger partial charge is 0.319 e. The largest absolute Gasteiger partial charge is 0.326 e. The normalized spacial score (nSPS) is 19.8. The van der Waals surface area contributed by atoms with E-state index >= 15 is 0 Å². The Morgan fingerprint density at radius 2 is 1.78 bits per heavy atom. The third-order valence-electron chi connectivity index (χ3n) is 6.30. The predicted molar refractivity (Wildman–Crippen MR) is 127 cm³/mol. The second-order valence-corrected chi connectivity index (χ2v) is 9.51. The fourth-order valence-corrected chi connectivity index (χ4v) is 5.21. The molecule has 1 aliphatic heterocycles. The topological polar surface area (TPSA) is 65.5 Å². The van der Waals surface area contributed by atoms with Crippen molar-refractivity contribution in [3.05, 3.63) is 77.3 Å². The number of nitrogens with one attached hydrogen (secondary N) is 1. The molecular formula is C25H24N4O2S. The molecule has 1 saturated heterocycles. The molecule has 162 valence electrons. The molecule has 3 aromatic carbocycles. The van der Waals surface area contributed by atoms with Gasteiger partial charge in [-0.3, -0.25) is 9.69 Å². The number of hydrogen-bond acceptors (Lipinski definition) is 5. The molecule has 0 spiro atoms. The van der Waals surface area contributed by atoms with Gasteiger partial charge in [0.15, 0.2) is 0 Å². The number of thiazole rings is 1. The number of rotatable bonds is 5. The molecule has 2 atom stereocenters. The van der Waals surface area contributed by atoms with E-state index in [1.807, 2.05) is 79.5 Å². The Morgan fingerprint density at radius 3 is 2.56 bits per heavy atom. The Labute approximate surface area is 190 Å². The van der Waals surface area contributed by atoms with Gasteiger partial charge in [-0.25, -0.2) is 14.7 Å². The van der Waals surface area contributed by atoms with Gasteiger partial charge < -0.3 is 5.32 Å². The maximum absolute atomic E-state index is 13.4. The van der Waals surface area contributed by atoms with E-state index in [2.05, 4.69) is 11.4 Å². The van der Waals surface area contributed by atoms with Gasteiger partial charge in [-0.2, -0.15) is 0 Å². The fourth-order valence-electron chi connectivity index (χ4n) is 4.12. The number of urea groups is 1. The van der Waals surface area contributed by atoms with Crippen LogP contribution in [0.25, 0.3) is 21.0 Å². The first-order valence-corrected chi connectivity index (χ1v) is 11.4. The number of benzene rings is 3. The van der Waals surface area contributed by atoms with Crippen molar-refractivity contribution in [2.75, 3.05) is 13.7 Å². The van der Waals surface area contributed by atoms with Crippen molar-refractivity contribution in [3.63, 3.8) is 0 Å². The van der Waals surface area contributed by atoms with Crippen molar-refractivity contribution in [1.82, 2.24) is 20.1 Å². The molecule has 1 aromatic heterocycles. The van der Waals surface area contributed by atoms with Crippen LogP contribution in [0.4, 0.5) is 4.79 Å². The van der Waals surface area contributed by atoms with E-state index in [-0.39, 0.29) is 24.6 Å². The third-order valence-corrected chi connectivity index (χ3v) is 7.50. The van der Waals surface area contributed by atoms with Gasteiger partial charge in [-0.1, -0.05) is 48.5 Å². The summed E-state index contributed by atoms with van der Waals surface area (Å²) in [6, 6.07) is 21.5. The molecule has 1 fully saturated rings. The molecule has 0 bridgehead atoms. The fraction of sp³-hybridized carbons (Fsp3) is 0.240. The quantitative estimate of drug-likeness (QED) is 0.446. The van der Waals surface area contributed by atoms with Crippen LogP contribution < -0.4 is 5.32 Å². The van der Waals surface area contributed by atoms with E-state index in [4.69, 9.17) is 4.98 Å². The minimum absolute atomic E-state index is 0.0412. The van der Waals surface area contributed by atoms with Crippen LogP contribution in [-0.2, 0) is 10.3 Å². The van der Waals surface area contributed by atoms with Gasteiger partial charge in [0, 0.05) is 0 Å². The zero-order valence-corrected chi connectivity index (χ0v) is 19.0. The minimum atomic E-state index is -1.10. The van der Waals surface area contributed by atoms with E-state index in [1.165, 1.54) is 4.90 Å². The molecule has 2 heterocycles. The van der Waals surface area contributed by atoms with Gasteiger partial charge >= 0.3 is 6.03 Å². The summed E-state index contributed by atoms with van der Waals surface area (Å²) in [5.74, 6) is -0.249. The van der Waals surface area contributed by atoms with Crippen molar-refractivity contribution in [1.29, 1.82) is 0 Å². The highest BCUT2D eigenvalue weighted by atomic mass is 32.1. The molecule has 7 heteroatoms. The zero-order chi connectivity index (χ0) is 22.5. The second kappa shape index (κ2) is 7.69. The van der Waals surface area contributed by atoms with E-state index in [9.17, 15) is 9.59 Å². The minimum Gasteiger partial charge on any atom is -0.319 e. The van der Waals surface area contributed by atoms with Crippen LogP contribution in [0.2, 0.25) is 0 Å². The van der Waals surface area contributed by atoms with Gasteiger partial charge in [0.05, 0.1) is 22.9 Å². The van der Waals surface area contributed by atoms with Gasteiger partial charge in [0.1, 0.15) is 10.5 Å². The molecule has 1 N–H and O–H groups in total. The summed E-state index contributed by atoms with van der Waals surface area (Å²) in [5.41, 5.74) is 0.645. The molecule has 0 saturated carbocycles. The molecule has 4 aromatic rings. The first kappa shape index (κ1) is 20.6. The average molecular weight is 445 g/mol. The molecule has 3 amide bonds. The summed E-state index contributed by atoms with van der Waals surface area (Å²) in [5, 5.41) is 6.00. The highest BCUT2D eigenvalue weighted by Gasteiger charge is 2.49. The lowest BCUT2D eigenvalue weighted by molar-refractivity contribution is -0.132. The highest BCUT2D eigenvalue weighted by Crippen LogP contribution is 2.33. The van der Waals surface area contributed by atoms with Crippen LogP contribution in [0.3, 0.4) is 0 Å². The van der Waals surface area contributed by atoms with Crippen LogP contribution in [0.15, 0.2) is 66.7 Å². The maximum atomic E-state index is 13.4. The van der Waals surface area contributed by atoms with E-state index in [1.54, 1.807) is 18.3 Å². The lowest BCUT2D eigenvalue weighted by Gasteiger charge is -2.27. The number of carbonyl (C=O) groups excluding carboxylic acids is 2. The molecule has 32 heavy (non-hydrogen) atoms. The maximum Gasteiger partial charge on any atom is 0.326 e. The van der Waals surface area contributed by atoms with Gasteiger partial charge in [0.2, 0.25) is 0 Å². The van der Waals surface area contributed by atoms with E-state index in [0.717, 1.165) is 31.6 Å². The third kappa shape index (κ3) is 3.34. The number of fused-ring (bicyclic) bond motifs is 2. The monoisotopic (exact) mass is 444 g/mol. The van der Waals surface area contributed by atoms with Crippen molar-refractivity contribution in [2.45, 2.75) is 25.4 Å². The lowest BCUT2D eigenvalue weighted by Crippen LogP contribution is -2.43. The summed E-state index contributed by atoms with van der Waals surface area (Å²) >= 11 is 1.63. The van der Waals surface area contributed by atoms with Crippen molar-refractivity contribution >= 4 is 44.3 Å². The Bertz CT molecular complexity index is 1320. The summed E-state index contributed by atoms with van der Waals surface area (Å²) in [7, 11) is 1.91. The van der Waals surface area contributed by atoms with Crippen LogP contribution in [0.1, 0.15) is 30.5 Å². The number of amides is 3. The number of imide groups is 1. The molecule has 0 radical (unpaired) electrons. The van der Waals surface area contributed by atoms with Crippen LogP contribution in [0.5, 0.6) is 0 Å². The van der Waals surface area contributed by atoms with Crippen LogP contribution >= 0.6 is 11.3 Å². The number of nitrogens with zero attached hydrogens (tertiary/aromatic N) is 3. The first-order chi connectivity index (χ1) is 15.4. The number of hydrogen-bond donors (Lipinski definition) is 1. The predicted octanol–water partition coefficient (Wildman–Crippen LogP) is 4.87. The molecular weight excluding hydrogens is 420 g/mol. The van der Waals surface area contributed by atoms with Crippen LogP contribution in [-0.4, -0.2) is 40.4 Å². The molecule has 1 aliphatic rings. The summed E-state index contributed by atoms with van der Waals surface area (Å²) in [6.45, 7) is 4.00. The molecule has 6 nitrogen and oxygen atoms in total. The lowest BCUT2D eigenvalue weighted by atomic mass is 9.90. The standard InChI is InChI=1S/C25H24N4O2S/c1-16(22-26-20-10-6-7-11-21(20)32-22)28(3)15-29-23(30)25(2,27-24(29)31)19-13-12-17-8-4-5-9-18(17)14-19/h4-14,16H,15H2,1-3H3,(H,27,31). The molecule has 2 unspecified atom stereocenters. The van der Waals surface area contributed by atoms with Gasteiger partial charge in [0.25, 0.3) is 5.91 Å². The Hall–Kier alpha value is -3.29. The SMILES string of the molecule is CC(c1nc2ccccc2s1)N(C)CN1C(=O)NC(C)(c2ccc3ccccc3c2)C1=O. The molecule has 5 rings (SSSR count). The zero-order valence-electron chi connectivity index (χ0n) is 18.2. The molecule has 0 aliphatic carbocycles. The Kier molecular flexibility index (Phi) is 4.95. The van der Waals surface area contributed by atoms with E-state index in [0.29, 0.717) is 0 Å².